The van der Waals surface area contributed by atoms with Crippen LogP contribution in [0.3, 0.4) is 0 Å². The summed E-state index contributed by atoms with van der Waals surface area (Å²) in [6, 6.07) is -0.302. The van der Waals surface area contributed by atoms with Gasteiger partial charge in [-0.25, -0.2) is 4.98 Å². The third-order valence-electron chi connectivity index (χ3n) is 3.07. The minimum Gasteiger partial charge on any atom is -0.409 e. The highest BCUT2D eigenvalue weighted by Gasteiger charge is 2.33. The van der Waals surface area contributed by atoms with E-state index in [1.807, 2.05) is 13.8 Å². The first-order valence-electron chi connectivity index (χ1n) is 5.77. The molecule has 1 unspecified atom stereocenters. The molecule has 3 N–H and O–H groups in total. The fourth-order valence-electron chi connectivity index (χ4n) is 2.24. The molecular weight excluding hydrogens is 252 g/mol. The molecule has 1 aromatic heterocycles. The Kier molecular flexibility index (Phi) is 3.51. The number of carbonyl (C=O) groups excluding carboxylic acids is 1. The van der Waals surface area contributed by atoms with E-state index in [9.17, 15) is 4.79 Å². The molecule has 0 saturated carbocycles. The molecule has 1 aliphatic heterocycles. The zero-order valence-electron chi connectivity index (χ0n) is 10.4. The van der Waals surface area contributed by atoms with Crippen LogP contribution in [0.4, 0.5) is 0 Å². The van der Waals surface area contributed by atoms with Crippen LogP contribution in [-0.2, 0) is 0 Å². The molecule has 7 heteroatoms. The summed E-state index contributed by atoms with van der Waals surface area (Å²) in [4.78, 5) is 19.0. The molecule has 1 saturated heterocycles. The molecule has 1 fully saturated rings. The van der Waals surface area contributed by atoms with Crippen molar-refractivity contribution in [2.24, 2.45) is 10.9 Å². The Morgan fingerprint density at radius 2 is 2.33 bits per heavy atom. The van der Waals surface area contributed by atoms with Crippen LogP contribution in [0.2, 0.25) is 0 Å². The molecule has 0 radical (unpaired) electrons. The van der Waals surface area contributed by atoms with Crippen molar-refractivity contribution in [2.45, 2.75) is 32.7 Å². The van der Waals surface area contributed by atoms with Crippen molar-refractivity contribution in [1.82, 2.24) is 9.88 Å². The van der Waals surface area contributed by atoms with Crippen LogP contribution in [0, 0.1) is 13.8 Å². The van der Waals surface area contributed by atoms with Crippen molar-refractivity contribution in [3.05, 3.63) is 15.6 Å². The molecule has 0 bridgehead atoms. The first-order chi connectivity index (χ1) is 8.54. The van der Waals surface area contributed by atoms with Gasteiger partial charge >= 0.3 is 0 Å². The van der Waals surface area contributed by atoms with Gasteiger partial charge in [-0.15, -0.1) is 11.3 Å². The highest BCUT2D eigenvalue weighted by atomic mass is 32.1. The van der Waals surface area contributed by atoms with Gasteiger partial charge in [0.2, 0.25) is 0 Å². The fraction of sp³-hybridized carbons (Fsp3) is 0.545. The van der Waals surface area contributed by atoms with Gasteiger partial charge in [-0.1, -0.05) is 5.16 Å². The van der Waals surface area contributed by atoms with E-state index < -0.39 is 0 Å². The maximum atomic E-state index is 12.4. The SMILES string of the molecule is Cc1nc(C)c(C(=O)N2CCCC2C(N)=NO)s1. The number of oxime groups is 1. The molecule has 6 nitrogen and oxygen atoms in total. The lowest BCUT2D eigenvalue weighted by molar-refractivity contribution is 0.0772. The molecule has 1 atom stereocenters. The highest BCUT2D eigenvalue weighted by molar-refractivity contribution is 7.13. The Morgan fingerprint density at radius 3 is 2.89 bits per heavy atom. The summed E-state index contributed by atoms with van der Waals surface area (Å²) in [6.45, 7) is 4.33. The monoisotopic (exact) mass is 268 g/mol. The number of nitrogens with two attached hydrogens (primary N) is 1. The van der Waals surface area contributed by atoms with Gasteiger partial charge in [0.1, 0.15) is 4.88 Å². The minimum absolute atomic E-state index is 0.0767. The largest absolute Gasteiger partial charge is 0.409 e. The van der Waals surface area contributed by atoms with Crippen molar-refractivity contribution in [3.8, 4) is 0 Å². The van der Waals surface area contributed by atoms with E-state index in [1.54, 1.807) is 4.90 Å². The second-order valence-electron chi connectivity index (χ2n) is 4.33. The Morgan fingerprint density at radius 1 is 1.61 bits per heavy atom. The molecule has 0 aromatic carbocycles. The summed E-state index contributed by atoms with van der Waals surface area (Å²) in [5, 5.41) is 12.6. The van der Waals surface area contributed by atoms with Gasteiger partial charge in [-0.3, -0.25) is 4.79 Å². The Hall–Kier alpha value is -1.63. The Balaban J connectivity index is 2.26. The molecular formula is C11H16N4O2S. The van der Waals surface area contributed by atoms with E-state index in [1.165, 1.54) is 11.3 Å². The highest BCUT2D eigenvalue weighted by Crippen LogP contribution is 2.25. The van der Waals surface area contributed by atoms with Gasteiger partial charge in [0.15, 0.2) is 5.84 Å². The van der Waals surface area contributed by atoms with Crippen molar-refractivity contribution in [2.75, 3.05) is 6.54 Å². The van der Waals surface area contributed by atoms with E-state index in [4.69, 9.17) is 10.9 Å². The van der Waals surface area contributed by atoms with Crippen LogP contribution >= 0.6 is 11.3 Å². The number of likely N-dealkylation sites (tertiary alicyclic amines) is 1. The van der Waals surface area contributed by atoms with Crippen LogP contribution < -0.4 is 5.73 Å². The summed E-state index contributed by atoms with van der Waals surface area (Å²) in [5.74, 6) is 0.0203. The molecule has 1 aromatic rings. The van der Waals surface area contributed by atoms with Gasteiger partial charge in [0.25, 0.3) is 5.91 Å². The predicted octanol–water partition coefficient (Wildman–Crippen LogP) is 1.11. The second-order valence-corrected chi connectivity index (χ2v) is 5.53. The smallest absolute Gasteiger partial charge is 0.266 e. The molecule has 18 heavy (non-hydrogen) atoms. The molecule has 1 amide bonds. The average molecular weight is 268 g/mol. The molecule has 0 spiro atoms. The molecule has 1 aliphatic rings. The molecule has 2 heterocycles. The average Bonchev–Trinajstić information content (AvgIpc) is 2.94. The van der Waals surface area contributed by atoms with E-state index in [-0.39, 0.29) is 17.8 Å². The summed E-state index contributed by atoms with van der Waals surface area (Å²) >= 11 is 1.39. The van der Waals surface area contributed by atoms with Gasteiger partial charge in [0.05, 0.1) is 16.7 Å². The summed E-state index contributed by atoms with van der Waals surface area (Å²) in [7, 11) is 0. The van der Waals surface area contributed by atoms with Crippen molar-refractivity contribution in [1.29, 1.82) is 0 Å². The third kappa shape index (κ3) is 2.17. The number of hydrogen-bond acceptors (Lipinski definition) is 5. The van der Waals surface area contributed by atoms with Crippen molar-refractivity contribution in [3.63, 3.8) is 0 Å². The summed E-state index contributed by atoms with van der Waals surface area (Å²) < 4.78 is 0. The maximum Gasteiger partial charge on any atom is 0.266 e. The molecule has 0 aliphatic carbocycles. The van der Waals surface area contributed by atoms with Crippen molar-refractivity contribution < 1.29 is 10.0 Å². The Labute approximate surface area is 109 Å². The van der Waals surface area contributed by atoms with E-state index >= 15 is 0 Å². The number of nitrogens with zero attached hydrogens (tertiary/aromatic N) is 3. The topological polar surface area (TPSA) is 91.8 Å². The first-order valence-corrected chi connectivity index (χ1v) is 6.58. The zero-order valence-corrected chi connectivity index (χ0v) is 11.2. The van der Waals surface area contributed by atoms with E-state index in [2.05, 4.69) is 10.1 Å². The number of hydrogen-bond donors (Lipinski definition) is 2. The number of aromatic nitrogens is 1. The number of aryl methyl sites for hydroxylation is 2. The van der Waals surface area contributed by atoms with Crippen molar-refractivity contribution >= 4 is 23.1 Å². The lowest BCUT2D eigenvalue weighted by atomic mass is 10.2. The fourth-order valence-corrected chi connectivity index (χ4v) is 3.12. The normalized spacial score (nSPS) is 20.4. The van der Waals surface area contributed by atoms with Gasteiger partial charge < -0.3 is 15.8 Å². The van der Waals surface area contributed by atoms with Crippen LogP contribution in [0.15, 0.2) is 5.16 Å². The molecule has 2 rings (SSSR count). The van der Waals surface area contributed by atoms with Gasteiger partial charge in [-0.05, 0) is 26.7 Å². The number of carbonyl (C=O) groups is 1. The van der Waals surface area contributed by atoms with E-state index in [0.29, 0.717) is 11.4 Å². The minimum atomic E-state index is -0.302. The maximum absolute atomic E-state index is 12.4. The number of amidine groups is 1. The van der Waals surface area contributed by atoms with Gasteiger partial charge in [-0.2, -0.15) is 0 Å². The van der Waals surface area contributed by atoms with Crippen LogP contribution in [0.1, 0.15) is 33.2 Å². The number of amides is 1. The second kappa shape index (κ2) is 4.93. The van der Waals surface area contributed by atoms with E-state index in [0.717, 1.165) is 23.5 Å². The lowest BCUT2D eigenvalue weighted by Gasteiger charge is -2.23. The number of rotatable bonds is 2. The van der Waals surface area contributed by atoms with Gasteiger partial charge in [0, 0.05) is 6.54 Å². The Bertz CT molecular complexity index is 497. The third-order valence-corrected chi connectivity index (χ3v) is 4.13. The summed E-state index contributed by atoms with van der Waals surface area (Å²) in [5.41, 5.74) is 6.36. The lowest BCUT2D eigenvalue weighted by Crippen LogP contribution is -2.43. The van der Waals surface area contributed by atoms with Crippen LogP contribution in [-0.4, -0.2) is 39.4 Å². The van der Waals surface area contributed by atoms with Crippen LogP contribution in [0.5, 0.6) is 0 Å². The zero-order chi connectivity index (χ0) is 13.3. The standard InChI is InChI=1S/C11H16N4O2S/c1-6-9(18-7(2)13-6)11(16)15-5-3-4-8(15)10(12)14-17/h8,17H,3-5H2,1-2H3,(H2,12,14). The summed E-state index contributed by atoms with van der Waals surface area (Å²) in [6.07, 6.45) is 1.60. The van der Waals surface area contributed by atoms with Crippen LogP contribution in [0.25, 0.3) is 0 Å². The first kappa shape index (κ1) is 12.8. The number of thiazole rings is 1. The predicted molar refractivity (Wildman–Crippen MR) is 69.1 cm³/mol. The molecule has 98 valence electrons. The quantitative estimate of drug-likeness (QED) is 0.364.